The highest BCUT2D eigenvalue weighted by Crippen LogP contribution is 1.99. The highest BCUT2D eigenvalue weighted by atomic mass is 32.2. The van der Waals surface area contributed by atoms with Crippen molar-refractivity contribution in [2.45, 2.75) is 19.5 Å². The predicted octanol–water partition coefficient (Wildman–Crippen LogP) is -0.368. The van der Waals surface area contributed by atoms with Crippen molar-refractivity contribution in [2.75, 3.05) is 13.2 Å². The zero-order valence-electron chi connectivity index (χ0n) is 6.61. The van der Waals surface area contributed by atoms with Crippen LogP contribution in [0.3, 0.4) is 0 Å². The first kappa shape index (κ1) is 10.8. The maximum atomic E-state index is 10.6. The van der Waals surface area contributed by atoms with Crippen LogP contribution < -0.4 is 5.14 Å². The van der Waals surface area contributed by atoms with Gasteiger partial charge in [0.2, 0.25) is 0 Å². The molecule has 0 aromatic rings. The topological polar surface area (TPSA) is 78.6 Å². The maximum Gasteiger partial charge on any atom is 0.277 e. The maximum absolute atomic E-state index is 10.6. The van der Waals surface area contributed by atoms with Crippen LogP contribution >= 0.6 is 0 Å². The first-order valence-corrected chi connectivity index (χ1v) is 4.88. The summed E-state index contributed by atoms with van der Waals surface area (Å²) in [4.78, 5) is 0. The summed E-state index contributed by atoms with van der Waals surface area (Å²) in [7, 11) is -3.73. The molecule has 0 aliphatic heterocycles. The van der Waals surface area contributed by atoms with Crippen LogP contribution in [0, 0.1) is 0 Å². The van der Waals surface area contributed by atoms with Crippen LogP contribution in [0.1, 0.15) is 13.8 Å². The number of sulfonamides is 1. The Morgan fingerprint density at radius 1 is 1.27 bits per heavy atom. The second kappa shape index (κ2) is 4.66. The van der Waals surface area contributed by atoms with Gasteiger partial charge in [-0.05, 0) is 13.8 Å². The van der Waals surface area contributed by atoms with Crippen molar-refractivity contribution in [1.82, 2.24) is 0 Å². The molecule has 0 radical (unpaired) electrons. The number of rotatable bonds is 5. The summed E-state index contributed by atoms with van der Waals surface area (Å²) in [6.45, 7) is 3.83. The van der Waals surface area contributed by atoms with Gasteiger partial charge >= 0.3 is 0 Å². The van der Waals surface area contributed by atoms with Gasteiger partial charge in [-0.25, -0.2) is 13.6 Å². The molecule has 0 rings (SSSR count). The molecule has 0 aliphatic carbocycles. The van der Waals surface area contributed by atoms with Crippen LogP contribution in [0.15, 0.2) is 0 Å². The van der Waals surface area contributed by atoms with Crippen LogP contribution in [0.4, 0.5) is 0 Å². The average Bonchev–Trinajstić information content (AvgIpc) is 1.85. The van der Waals surface area contributed by atoms with Crippen LogP contribution in [-0.2, 0) is 19.5 Å². The standard InChI is InChI=1S/C5H13NO4S/c1-3-9-5(10-4-2)11(6,7)8/h5H,3-4H2,1-2H3,(H2,6,7,8). The van der Waals surface area contributed by atoms with Crippen molar-refractivity contribution in [3.05, 3.63) is 0 Å². The van der Waals surface area contributed by atoms with Gasteiger partial charge in [0.15, 0.2) is 0 Å². The highest BCUT2D eigenvalue weighted by molar-refractivity contribution is 7.89. The van der Waals surface area contributed by atoms with Crippen LogP contribution in [0.5, 0.6) is 0 Å². The molecular formula is C5H13NO4S. The number of primary sulfonamides is 1. The third-order valence-electron chi connectivity index (χ3n) is 0.874. The Morgan fingerprint density at radius 2 is 1.64 bits per heavy atom. The summed E-state index contributed by atoms with van der Waals surface area (Å²) >= 11 is 0. The van der Waals surface area contributed by atoms with E-state index in [-0.39, 0.29) is 13.2 Å². The predicted molar refractivity (Wildman–Crippen MR) is 40.1 cm³/mol. The Morgan fingerprint density at radius 3 is 1.82 bits per heavy atom. The van der Waals surface area contributed by atoms with E-state index in [2.05, 4.69) is 0 Å². The van der Waals surface area contributed by atoms with Gasteiger partial charge in [0.1, 0.15) is 0 Å². The lowest BCUT2D eigenvalue weighted by atomic mass is 10.9. The van der Waals surface area contributed by atoms with Crippen molar-refractivity contribution < 1.29 is 17.9 Å². The van der Waals surface area contributed by atoms with Crippen molar-refractivity contribution in [3.63, 3.8) is 0 Å². The monoisotopic (exact) mass is 183 g/mol. The molecule has 0 spiro atoms. The fraction of sp³-hybridized carbons (Fsp3) is 1.00. The molecule has 5 nitrogen and oxygen atoms in total. The Labute approximate surface area is 66.5 Å². The largest absolute Gasteiger partial charge is 0.339 e. The van der Waals surface area contributed by atoms with Gasteiger partial charge < -0.3 is 9.47 Å². The Hall–Kier alpha value is -0.170. The fourth-order valence-electron chi connectivity index (χ4n) is 0.510. The Kier molecular flexibility index (Phi) is 4.58. The lowest BCUT2D eigenvalue weighted by Gasteiger charge is -2.13. The summed E-state index contributed by atoms with van der Waals surface area (Å²) in [5.41, 5.74) is -1.32. The summed E-state index contributed by atoms with van der Waals surface area (Å²) < 4.78 is 30.7. The third-order valence-corrected chi connectivity index (χ3v) is 1.68. The number of nitrogens with two attached hydrogens (primary N) is 1. The normalized spacial score (nSPS) is 12.4. The average molecular weight is 183 g/mol. The summed E-state index contributed by atoms with van der Waals surface area (Å²) in [6.07, 6.45) is 0. The van der Waals surface area contributed by atoms with E-state index in [9.17, 15) is 8.42 Å². The van der Waals surface area contributed by atoms with E-state index in [1.165, 1.54) is 0 Å². The van der Waals surface area contributed by atoms with Gasteiger partial charge in [0.25, 0.3) is 15.6 Å². The molecule has 0 amide bonds. The van der Waals surface area contributed by atoms with E-state index in [1.807, 2.05) is 0 Å². The molecule has 0 bridgehead atoms. The third kappa shape index (κ3) is 4.31. The summed E-state index contributed by atoms with van der Waals surface area (Å²) in [6, 6.07) is 0. The lowest BCUT2D eigenvalue weighted by Crippen LogP contribution is -2.33. The zero-order valence-corrected chi connectivity index (χ0v) is 7.43. The first-order chi connectivity index (χ1) is 5.02. The van der Waals surface area contributed by atoms with Crippen molar-refractivity contribution in [1.29, 1.82) is 0 Å². The molecule has 11 heavy (non-hydrogen) atoms. The second-order valence-corrected chi connectivity index (χ2v) is 3.35. The van der Waals surface area contributed by atoms with Crippen LogP contribution in [0.25, 0.3) is 0 Å². The van der Waals surface area contributed by atoms with Crippen LogP contribution in [-0.4, -0.2) is 27.3 Å². The van der Waals surface area contributed by atoms with E-state index >= 15 is 0 Å². The molecule has 0 aromatic carbocycles. The highest BCUT2D eigenvalue weighted by Gasteiger charge is 2.21. The van der Waals surface area contributed by atoms with Crippen LogP contribution in [0.2, 0.25) is 0 Å². The summed E-state index contributed by atoms with van der Waals surface area (Å²) in [5.74, 6) is 0. The van der Waals surface area contributed by atoms with Gasteiger partial charge in [0.05, 0.1) is 0 Å². The number of hydrogen-bond donors (Lipinski definition) is 1. The summed E-state index contributed by atoms with van der Waals surface area (Å²) in [5, 5.41) is 4.77. The molecule has 0 unspecified atom stereocenters. The Bertz CT molecular complexity index is 183. The Balaban J connectivity index is 4.11. The molecule has 68 valence electrons. The van der Waals surface area contributed by atoms with Gasteiger partial charge in [-0.15, -0.1) is 0 Å². The molecule has 0 aliphatic rings. The molecule has 0 saturated carbocycles. The smallest absolute Gasteiger partial charge is 0.277 e. The van der Waals surface area contributed by atoms with Gasteiger partial charge in [-0.1, -0.05) is 0 Å². The van der Waals surface area contributed by atoms with E-state index in [0.717, 1.165) is 0 Å². The molecule has 0 aromatic heterocycles. The van der Waals surface area contributed by atoms with E-state index in [1.54, 1.807) is 13.8 Å². The van der Waals surface area contributed by atoms with Gasteiger partial charge in [-0.3, -0.25) is 0 Å². The van der Waals surface area contributed by atoms with E-state index in [4.69, 9.17) is 14.6 Å². The number of hydrogen-bond acceptors (Lipinski definition) is 4. The SMILES string of the molecule is CCOC(OCC)S(N)(=O)=O. The zero-order chi connectivity index (χ0) is 8.91. The van der Waals surface area contributed by atoms with Gasteiger partial charge in [0, 0.05) is 13.2 Å². The van der Waals surface area contributed by atoms with Crippen molar-refractivity contribution in [3.8, 4) is 0 Å². The minimum atomic E-state index is -3.73. The van der Waals surface area contributed by atoms with Crippen molar-refractivity contribution in [2.24, 2.45) is 5.14 Å². The van der Waals surface area contributed by atoms with E-state index < -0.39 is 15.6 Å². The molecular weight excluding hydrogens is 170 g/mol. The minimum absolute atomic E-state index is 0.251. The molecule has 0 atom stereocenters. The van der Waals surface area contributed by atoms with E-state index in [0.29, 0.717) is 0 Å². The molecule has 6 heteroatoms. The quantitative estimate of drug-likeness (QED) is 0.590. The first-order valence-electron chi connectivity index (χ1n) is 3.27. The molecule has 0 heterocycles. The second-order valence-electron chi connectivity index (χ2n) is 1.79. The lowest BCUT2D eigenvalue weighted by molar-refractivity contribution is -0.0801. The molecule has 2 N–H and O–H groups in total. The number of ether oxygens (including phenoxy) is 2. The van der Waals surface area contributed by atoms with Crippen molar-refractivity contribution >= 4 is 10.0 Å². The molecule has 0 fully saturated rings. The molecule has 0 saturated heterocycles. The minimum Gasteiger partial charge on any atom is -0.339 e. The van der Waals surface area contributed by atoms with Gasteiger partial charge in [-0.2, -0.15) is 0 Å². The fourth-order valence-corrected chi connectivity index (χ4v) is 1.16.